The molecular formula is C14H15BrN4O3S. The smallest absolute Gasteiger partial charge is 0.286 e. The van der Waals surface area contributed by atoms with Crippen molar-refractivity contribution in [3.05, 3.63) is 44.8 Å². The summed E-state index contributed by atoms with van der Waals surface area (Å²) in [5.41, 5.74) is 4.96. The molecule has 0 atom stereocenters. The molecule has 0 aliphatic rings. The molecule has 7 nitrogen and oxygen atoms in total. The van der Waals surface area contributed by atoms with Crippen molar-refractivity contribution in [3.8, 4) is 0 Å². The third-order valence-electron chi connectivity index (χ3n) is 2.82. The zero-order valence-electron chi connectivity index (χ0n) is 12.0. The van der Waals surface area contributed by atoms with Gasteiger partial charge < -0.3 is 10.3 Å². The number of aromatic amines is 1. The summed E-state index contributed by atoms with van der Waals surface area (Å²) in [5.74, 6) is -0.907. The van der Waals surface area contributed by atoms with Crippen LogP contribution in [0.15, 0.2) is 34.2 Å². The van der Waals surface area contributed by atoms with Gasteiger partial charge >= 0.3 is 0 Å². The van der Waals surface area contributed by atoms with Crippen molar-refractivity contribution in [1.82, 2.24) is 21.2 Å². The van der Waals surface area contributed by atoms with Gasteiger partial charge in [-0.3, -0.25) is 25.2 Å². The largest absolute Gasteiger partial charge is 0.356 e. The first-order valence-corrected chi connectivity index (χ1v) is 8.48. The summed E-state index contributed by atoms with van der Waals surface area (Å²) in [6.07, 6.45) is 2.29. The molecule has 23 heavy (non-hydrogen) atoms. The van der Waals surface area contributed by atoms with Crippen LogP contribution in [-0.4, -0.2) is 29.3 Å². The number of hydrazine groups is 1. The van der Waals surface area contributed by atoms with E-state index in [9.17, 15) is 14.4 Å². The number of amides is 3. The molecule has 0 fully saturated rings. The molecule has 2 aromatic heterocycles. The highest BCUT2D eigenvalue weighted by Gasteiger charge is 2.09. The second-order valence-electron chi connectivity index (χ2n) is 4.57. The van der Waals surface area contributed by atoms with E-state index in [1.165, 1.54) is 11.3 Å². The van der Waals surface area contributed by atoms with Gasteiger partial charge in [-0.25, -0.2) is 0 Å². The fourth-order valence-electron chi connectivity index (χ4n) is 1.70. The molecule has 0 spiro atoms. The second kappa shape index (κ2) is 8.49. The number of hydrogen-bond acceptors (Lipinski definition) is 4. The molecule has 0 radical (unpaired) electrons. The van der Waals surface area contributed by atoms with Gasteiger partial charge in [0.2, 0.25) is 5.91 Å². The molecule has 0 saturated heterocycles. The van der Waals surface area contributed by atoms with E-state index in [2.05, 4.69) is 37.1 Å². The van der Waals surface area contributed by atoms with Crippen LogP contribution in [0.2, 0.25) is 0 Å². The summed E-state index contributed by atoms with van der Waals surface area (Å²) in [4.78, 5) is 38.3. The van der Waals surface area contributed by atoms with E-state index in [1.54, 1.807) is 24.4 Å². The second-order valence-corrected chi connectivity index (χ2v) is 6.43. The van der Waals surface area contributed by atoms with Crippen LogP contribution in [0.5, 0.6) is 0 Å². The number of H-pyrrole nitrogens is 1. The van der Waals surface area contributed by atoms with Gasteiger partial charge in [0.05, 0.1) is 4.88 Å². The van der Waals surface area contributed by atoms with Crippen LogP contribution in [0.3, 0.4) is 0 Å². The van der Waals surface area contributed by atoms with Gasteiger partial charge in [-0.05, 0) is 39.9 Å². The van der Waals surface area contributed by atoms with E-state index in [0.717, 1.165) is 4.47 Å². The molecule has 0 saturated carbocycles. The zero-order valence-corrected chi connectivity index (χ0v) is 14.4. The Balaban J connectivity index is 1.60. The Morgan fingerprint density at radius 2 is 2.04 bits per heavy atom. The Morgan fingerprint density at radius 1 is 1.22 bits per heavy atom. The quantitative estimate of drug-likeness (QED) is 0.440. The van der Waals surface area contributed by atoms with Crippen LogP contribution in [-0.2, 0) is 4.79 Å². The van der Waals surface area contributed by atoms with Crippen molar-refractivity contribution < 1.29 is 14.4 Å². The van der Waals surface area contributed by atoms with Gasteiger partial charge in [0.1, 0.15) is 5.69 Å². The lowest BCUT2D eigenvalue weighted by Crippen LogP contribution is -2.41. The average Bonchev–Trinajstić information content (AvgIpc) is 3.20. The van der Waals surface area contributed by atoms with E-state index in [0.29, 0.717) is 23.5 Å². The van der Waals surface area contributed by atoms with E-state index in [4.69, 9.17) is 0 Å². The molecule has 0 aromatic carbocycles. The van der Waals surface area contributed by atoms with Crippen molar-refractivity contribution in [2.75, 3.05) is 6.54 Å². The highest BCUT2D eigenvalue weighted by atomic mass is 79.9. The number of hydrogen-bond donors (Lipinski definition) is 4. The van der Waals surface area contributed by atoms with E-state index in [1.807, 2.05) is 5.38 Å². The molecule has 122 valence electrons. The van der Waals surface area contributed by atoms with Crippen LogP contribution in [0.1, 0.15) is 33.0 Å². The predicted molar refractivity (Wildman–Crippen MR) is 90.0 cm³/mol. The van der Waals surface area contributed by atoms with Crippen LogP contribution < -0.4 is 16.2 Å². The van der Waals surface area contributed by atoms with Gasteiger partial charge in [-0.15, -0.1) is 11.3 Å². The third-order valence-corrected chi connectivity index (χ3v) is 4.15. The average molecular weight is 399 g/mol. The van der Waals surface area contributed by atoms with E-state index < -0.39 is 5.91 Å². The number of halogens is 1. The van der Waals surface area contributed by atoms with Crippen molar-refractivity contribution in [2.45, 2.75) is 12.8 Å². The number of rotatable bonds is 6. The molecule has 2 heterocycles. The van der Waals surface area contributed by atoms with Gasteiger partial charge in [0, 0.05) is 23.6 Å². The summed E-state index contributed by atoms with van der Waals surface area (Å²) in [6.45, 7) is 0.391. The Hall–Kier alpha value is -2.13. The molecule has 2 rings (SSSR count). The summed E-state index contributed by atoms with van der Waals surface area (Å²) in [5, 5.41) is 4.55. The SMILES string of the molecule is O=C(CCCNC(=O)c1cccs1)NNC(=O)c1cc(Br)c[nH]1. The van der Waals surface area contributed by atoms with E-state index in [-0.39, 0.29) is 18.2 Å². The van der Waals surface area contributed by atoms with Crippen molar-refractivity contribution in [1.29, 1.82) is 0 Å². The summed E-state index contributed by atoms with van der Waals surface area (Å²) in [7, 11) is 0. The third kappa shape index (κ3) is 5.53. The van der Waals surface area contributed by atoms with Gasteiger partial charge in [-0.2, -0.15) is 0 Å². The Kier molecular flexibility index (Phi) is 6.36. The zero-order chi connectivity index (χ0) is 16.7. The first-order chi connectivity index (χ1) is 11.1. The van der Waals surface area contributed by atoms with Gasteiger partial charge in [0.25, 0.3) is 11.8 Å². The maximum absolute atomic E-state index is 11.7. The topological polar surface area (TPSA) is 103 Å². The maximum atomic E-state index is 11.7. The highest BCUT2D eigenvalue weighted by molar-refractivity contribution is 9.10. The van der Waals surface area contributed by atoms with Crippen LogP contribution in [0, 0.1) is 0 Å². The minimum absolute atomic E-state index is 0.147. The Labute approximate surface area is 144 Å². The lowest BCUT2D eigenvalue weighted by atomic mass is 10.3. The monoisotopic (exact) mass is 398 g/mol. The molecule has 3 amide bonds. The molecule has 0 aliphatic carbocycles. The number of nitrogens with one attached hydrogen (secondary N) is 4. The molecule has 2 aromatic rings. The minimum atomic E-state index is -0.435. The lowest BCUT2D eigenvalue weighted by molar-refractivity contribution is -0.121. The number of carbonyl (C=O) groups excluding carboxylic acids is 3. The van der Waals surface area contributed by atoms with E-state index >= 15 is 0 Å². The van der Waals surface area contributed by atoms with Crippen LogP contribution >= 0.6 is 27.3 Å². The summed E-state index contributed by atoms with van der Waals surface area (Å²) >= 11 is 4.58. The maximum Gasteiger partial charge on any atom is 0.286 e. The Morgan fingerprint density at radius 3 is 2.70 bits per heavy atom. The van der Waals surface area contributed by atoms with Crippen molar-refractivity contribution in [3.63, 3.8) is 0 Å². The normalized spacial score (nSPS) is 10.1. The summed E-state index contributed by atoms with van der Waals surface area (Å²) < 4.78 is 0.746. The molecule has 0 bridgehead atoms. The summed E-state index contributed by atoms with van der Waals surface area (Å²) in [6, 6.07) is 5.14. The number of thiophene rings is 1. The molecule has 4 N–H and O–H groups in total. The molecule has 9 heteroatoms. The number of aromatic nitrogens is 1. The molecule has 0 unspecified atom stereocenters. The fraction of sp³-hybridized carbons (Fsp3) is 0.214. The molecular weight excluding hydrogens is 384 g/mol. The molecule has 0 aliphatic heterocycles. The standard InChI is InChI=1S/C14H15BrN4O3S/c15-9-7-10(17-8-9)13(21)19-18-12(20)4-1-5-16-14(22)11-3-2-6-23-11/h2-3,6-8,17H,1,4-5H2,(H,16,22)(H,18,20)(H,19,21). The van der Waals surface area contributed by atoms with Gasteiger partial charge in [0.15, 0.2) is 0 Å². The highest BCUT2D eigenvalue weighted by Crippen LogP contribution is 2.10. The van der Waals surface area contributed by atoms with Crippen LogP contribution in [0.25, 0.3) is 0 Å². The van der Waals surface area contributed by atoms with Crippen molar-refractivity contribution in [2.24, 2.45) is 0 Å². The first-order valence-electron chi connectivity index (χ1n) is 6.81. The first kappa shape index (κ1) is 17.2. The predicted octanol–water partition coefficient (Wildman–Crippen LogP) is 1.81. The fourth-order valence-corrected chi connectivity index (χ4v) is 2.68. The van der Waals surface area contributed by atoms with Crippen LogP contribution in [0.4, 0.5) is 0 Å². The number of carbonyl (C=O) groups is 3. The Bertz CT molecular complexity index is 684. The van der Waals surface area contributed by atoms with Gasteiger partial charge in [-0.1, -0.05) is 6.07 Å². The minimum Gasteiger partial charge on any atom is -0.356 e. The lowest BCUT2D eigenvalue weighted by Gasteiger charge is -2.07. The van der Waals surface area contributed by atoms with Crippen molar-refractivity contribution >= 4 is 45.0 Å².